The molecule has 1 aromatic heterocycles. The Morgan fingerprint density at radius 2 is 1.82 bits per heavy atom. The summed E-state index contributed by atoms with van der Waals surface area (Å²) < 4.78 is 13.3. The van der Waals surface area contributed by atoms with Crippen LogP contribution in [0.3, 0.4) is 0 Å². The standard InChI is InChI=1S/C21H27N5O2/c1-5-21(3,4)22-15-16-12-13-18(19(14-16)27-6-2)28-20-23-24-25-26(20)17-10-8-7-9-11-17/h7-14,22H,5-6,15H2,1-4H3. The molecular weight excluding hydrogens is 354 g/mol. The molecule has 0 amide bonds. The number of aromatic nitrogens is 4. The molecule has 0 aliphatic carbocycles. The molecule has 7 heteroatoms. The van der Waals surface area contributed by atoms with Crippen LogP contribution in [0.15, 0.2) is 48.5 Å². The Bertz CT molecular complexity index is 893. The van der Waals surface area contributed by atoms with Crippen molar-refractivity contribution < 1.29 is 9.47 Å². The molecule has 2 aromatic carbocycles. The fourth-order valence-corrected chi connectivity index (χ4v) is 2.55. The number of benzene rings is 2. The minimum absolute atomic E-state index is 0.0821. The Morgan fingerprint density at radius 1 is 1.04 bits per heavy atom. The van der Waals surface area contributed by atoms with Gasteiger partial charge in [0.15, 0.2) is 11.5 Å². The molecule has 148 valence electrons. The van der Waals surface area contributed by atoms with E-state index in [1.165, 1.54) is 0 Å². The van der Waals surface area contributed by atoms with E-state index >= 15 is 0 Å². The number of nitrogens with one attached hydrogen (secondary N) is 1. The number of ether oxygens (including phenoxy) is 2. The summed E-state index contributed by atoms with van der Waals surface area (Å²) in [5.74, 6) is 1.24. The highest BCUT2D eigenvalue weighted by molar-refractivity contribution is 5.45. The first-order valence-corrected chi connectivity index (χ1v) is 9.55. The van der Waals surface area contributed by atoms with Gasteiger partial charge in [0.25, 0.3) is 0 Å². The summed E-state index contributed by atoms with van der Waals surface area (Å²) in [6.45, 7) is 9.80. The molecule has 1 N–H and O–H groups in total. The second kappa shape index (κ2) is 8.84. The van der Waals surface area contributed by atoms with Crippen molar-refractivity contribution in [2.45, 2.75) is 46.2 Å². The van der Waals surface area contributed by atoms with Gasteiger partial charge in [-0.1, -0.05) is 36.3 Å². The van der Waals surface area contributed by atoms with Crippen molar-refractivity contribution in [3.63, 3.8) is 0 Å². The quantitative estimate of drug-likeness (QED) is 0.601. The van der Waals surface area contributed by atoms with Gasteiger partial charge in [0.2, 0.25) is 0 Å². The Balaban J connectivity index is 1.82. The predicted molar refractivity (Wildman–Crippen MR) is 108 cm³/mol. The summed E-state index contributed by atoms with van der Waals surface area (Å²) in [6, 6.07) is 15.8. The van der Waals surface area contributed by atoms with Crippen LogP contribution in [0.2, 0.25) is 0 Å². The van der Waals surface area contributed by atoms with E-state index in [1.54, 1.807) is 4.68 Å². The fourth-order valence-electron chi connectivity index (χ4n) is 2.55. The van der Waals surface area contributed by atoms with Crippen LogP contribution in [0.1, 0.15) is 39.7 Å². The topological polar surface area (TPSA) is 74.1 Å². The lowest BCUT2D eigenvalue weighted by molar-refractivity contribution is 0.314. The molecule has 0 unspecified atom stereocenters. The molecule has 0 fully saturated rings. The zero-order chi connectivity index (χ0) is 20.0. The molecule has 0 aliphatic heterocycles. The van der Waals surface area contributed by atoms with Gasteiger partial charge < -0.3 is 14.8 Å². The van der Waals surface area contributed by atoms with E-state index in [-0.39, 0.29) is 11.5 Å². The number of rotatable bonds is 9. The molecule has 1 heterocycles. The molecule has 3 rings (SSSR count). The lowest BCUT2D eigenvalue weighted by Gasteiger charge is -2.24. The molecule has 0 saturated carbocycles. The van der Waals surface area contributed by atoms with Gasteiger partial charge in [0, 0.05) is 12.1 Å². The van der Waals surface area contributed by atoms with Crippen LogP contribution in [0.4, 0.5) is 0 Å². The maximum atomic E-state index is 5.99. The average molecular weight is 381 g/mol. The maximum absolute atomic E-state index is 5.99. The summed E-state index contributed by atoms with van der Waals surface area (Å²) in [4.78, 5) is 0. The van der Waals surface area contributed by atoms with Gasteiger partial charge in [-0.25, -0.2) is 0 Å². The van der Waals surface area contributed by atoms with Crippen LogP contribution >= 0.6 is 0 Å². The third-order valence-corrected chi connectivity index (χ3v) is 4.61. The summed E-state index contributed by atoms with van der Waals surface area (Å²) in [6.07, 6.45) is 1.05. The summed E-state index contributed by atoms with van der Waals surface area (Å²) >= 11 is 0. The van der Waals surface area contributed by atoms with Crippen LogP contribution in [-0.2, 0) is 6.54 Å². The van der Waals surface area contributed by atoms with E-state index in [1.807, 2.05) is 55.5 Å². The molecular formula is C21H27N5O2. The summed E-state index contributed by atoms with van der Waals surface area (Å²) in [7, 11) is 0. The first-order chi connectivity index (χ1) is 13.5. The molecule has 0 aliphatic rings. The summed E-state index contributed by atoms with van der Waals surface area (Å²) in [5, 5.41) is 15.3. The Kier molecular flexibility index (Phi) is 6.26. The van der Waals surface area contributed by atoms with Crippen LogP contribution in [0.5, 0.6) is 17.5 Å². The van der Waals surface area contributed by atoms with E-state index in [0.29, 0.717) is 18.1 Å². The number of hydrogen-bond donors (Lipinski definition) is 1. The van der Waals surface area contributed by atoms with Crippen molar-refractivity contribution in [3.8, 4) is 23.2 Å². The zero-order valence-corrected chi connectivity index (χ0v) is 16.8. The van der Waals surface area contributed by atoms with Gasteiger partial charge in [0.05, 0.1) is 12.3 Å². The van der Waals surface area contributed by atoms with Crippen molar-refractivity contribution in [1.82, 2.24) is 25.5 Å². The molecule has 7 nitrogen and oxygen atoms in total. The SMILES string of the molecule is CCOc1cc(CNC(C)(C)CC)ccc1Oc1nnnn1-c1ccccc1. The van der Waals surface area contributed by atoms with Gasteiger partial charge in [-0.05, 0) is 67.4 Å². The number of tetrazole rings is 1. The van der Waals surface area contributed by atoms with Crippen LogP contribution in [-0.4, -0.2) is 32.4 Å². The third-order valence-electron chi connectivity index (χ3n) is 4.61. The molecule has 28 heavy (non-hydrogen) atoms. The highest BCUT2D eigenvalue weighted by atomic mass is 16.5. The number of nitrogens with zero attached hydrogens (tertiary/aromatic N) is 4. The minimum Gasteiger partial charge on any atom is -0.490 e. The smallest absolute Gasteiger partial charge is 0.346 e. The van der Waals surface area contributed by atoms with E-state index < -0.39 is 0 Å². The minimum atomic E-state index is 0.0821. The predicted octanol–water partition coefficient (Wildman–Crippen LogP) is 4.13. The zero-order valence-electron chi connectivity index (χ0n) is 16.8. The monoisotopic (exact) mass is 381 g/mol. The van der Waals surface area contributed by atoms with Gasteiger partial charge in [-0.2, -0.15) is 4.68 Å². The van der Waals surface area contributed by atoms with Crippen LogP contribution in [0, 0.1) is 0 Å². The first kappa shape index (κ1) is 19.8. The number of hydrogen-bond acceptors (Lipinski definition) is 6. The first-order valence-electron chi connectivity index (χ1n) is 9.55. The highest BCUT2D eigenvalue weighted by Gasteiger charge is 2.16. The normalized spacial score (nSPS) is 11.4. The maximum Gasteiger partial charge on any atom is 0.346 e. The molecule has 0 bridgehead atoms. The lowest BCUT2D eigenvalue weighted by atomic mass is 10.0. The Morgan fingerprint density at radius 3 is 2.54 bits per heavy atom. The van der Waals surface area contributed by atoms with Gasteiger partial charge in [-0.15, -0.1) is 0 Å². The van der Waals surface area contributed by atoms with E-state index in [9.17, 15) is 0 Å². The Labute approximate surface area is 165 Å². The molecule has 0 atom stereocenters. The highest BCUT2D eigenvalue weighted by Crippen LogP contribution is 2.32. The molecule has 0 radical (unpaired) electrons. The lowest BCUT2D eigenvalue weighted by Crippen LogP contribution is -2.37. The third kappa shape index (κ3) is 4.86. The number of para-hydroxylation sites is 1. The van der Waals surface area contributed by atoms with Crippen molar-refractivity contribution in [3.05, 3.63) is 54.1 Å². The largest absolute Gasteiger partial charge is 0.490 e. The van der Waals surface area contributed by atoms with Crippen molar-refractivity contribution in [2.24, 2.45) is 0 Å². The average Bonchev–Trinajstić information content (AvgIpc) is 3.17. The van der Waals surface area contributed by atoms with Crippen molar-refractivity contribution in [1.29, 1.82) is 0 Å². The van der Waals surface area contributed by atoms with E-state index in [0.717, 1.165) is 24.2 Å². The van der Waals surface area contributed by atoms with Crippen LogP contribution in [0.25, 0.3) is 5.69 Å². The Hall–Kier alpha value is -2.93. The van der Waals surface area contributed by atoms with E-state index in [2.05, 4.69) is 41.6 Å². The molecule has 3 aromatic rings. The van der Waals surface area contributed by atoms with Gasteiger partial charge in [-0.3, -0.25) is 0 Å². The molecule has 0 spiro atoms. The molecule has 0 saturated heterocycles. The van der Waals surface area contributed by atoms with Gasteiger partial charge >= 0.3 is 6.01 Å². The summed E-state index contributed by atoms with van der Waals surface area (Å²) in [5.41, 5.74) is 2.03. The van der Waals surface area contributed by atoms with Crippen molar-refractivity contribution in [2.75, 3.05) is 6.61 Å². The van der Waals surface area contributed by atoms with Crippen molar-refractivity contribution >= 4 is 0 Å². The fraction of sp³-hybridized carbons (Fsp3) is 0.381. The van der Waals surface area contributed by atoms with Gasteiger partial charge in [0.1, 0.15) is 0 Å². The van der Waals surface area contributed by atoms with Crippen LogP contribution < -0.4 is 14.8 Å². The second-order valence-corrected chi connectivity index (χ2v) is 7.12. The second-order valence-electron chi connectivity index (χ2n) is 7.12. The van der Waals surface area contributed by atoms with E-state index in [4.69, 9.17) is 9.47 Å².